The topological polar surface area (TPSA) is 101 Å². The lowest BCUT2D eigenvalue weighted by atomic mass is 9.94. The molecular weight excluding hydrogens is 473 g/mol. The van der Waals surface area contributed by atoms with Crippen molar-refractivity contribution in [2.75, 3.05) is 51.4 Å². The van der Waals surface area contributed by atoms with Crippen LogP contribution < -0.4 is 5.32 Å². The first-order valence-corrected chi connectivity index (χ1v) is 11.9. The van der Waals surface area contributed by atoms with E-state index in [1.165, 1.54) is 0 Å². The second kappa shape index (κ2) is 11.2. The van der Waals surface area contributed by atoms with Crippen LogP contribution in [-0.2, 0) is 19.0 Å². The number of anilines is 1. The number of morpholine rings is 1. The number of nitrogens with zero attached hydrogens (tertiary/aromatic N) is 2. The van der Waals surface area contributed by atoms with Gasteiger partial charge in [-0.15, -0.1) is 0 Å². The number of aliphatic hydroxyl groups is 1. The minimum atomic E-state index is -0.819. The number of urea groups is 1. The number of hydrogen-bond donors (Lipinski definition) is 2. The predicted molar refractivity (Wildman–Crippen MR) is 123 cm³/mol. The Morgan fingerprint density at radius 2 is 1.79 bits per heavy atom. The summed E-state index contributed by atoms with van der Waals surface area (Å²) in [6.45, 7) is 2.73. The maximum absolute atomic E-state index is 13.2. The van der Waals surface area contributed by atoms with Crippen molar-refractivity contribution in [3.8, 4) is 0 Å². The summed E-state index contributed by atoms with van der Waals surface area (Å²) in [6.07, 6.45) is 0.0823. The second-order valence-corrected chi connectivity index (χ2v) is 9.44. The van der Waals surface area contributed by atoms with Crippen molar-refractivity contribution >= 4 is 40.8 Å². The zero-order chi connectivity index (χ0) is 23.4. The highest BCUT2D eigenvalue weighted by Crippen LogP contribution is 2.29. The first-order valence-electron chi connectivity index (χ1n) is 11.2. The van der Waals surface area contributed by atoms with E-state index in [1.54, 1.807) is 28.0 Å². The van der Waals surface area contributed by atoms with Crippen molar-refractivity contribution < 1.29 is 28.9 Å². The van der Waals surface area contributed by atoms with Crippen molar-refractivity contribution in [3.05, 3.63) is 28.2 Å². The molecule has 0 unspecified atom stereocenters. The summed E-state index contributed by atoms with van der Waals surface area (Å²) >= 11 is 12.1. The fraction of sp³-hybridized carbons (Fsp3) is 0.636. The molecule has 182 valence electrons. The Morgan fingerprint density at radius 1 is 1.06 bits per heavy atom. The molecule has 3 aliphatic heterocycles. The number of ether oxygens (including phenoxy) is 3. The number of carbonyl (C=O) groups is 2. The van der Waals surface area contributed by atoms with E-state index in [0.717, 1.165) is 0 Å². The van der Waals surface area contributed by atoms with E-state index < -0.39 is 12.2 Å². The molecule has 3 fully saturated rings. The highest BCUT2D eigenvalue weighted by Gasteiger charge is 2.40. The third kappa shape index (κ3) is 6.49. The van der Waals surface area contributed by atoms with Crippen molar-refractivity contribution in [3.63, 3.8) is 0 Å². The van der Waals surface area contributed by atoms with E-state index >= 15 is 0 Å². The lowest BCUT2D eigenvalue weighted by Gasteiger charge is -2.44. The van der Waals surface area contributed by atoms with Gasteiger partial charge in [-0.05, 0) is 31.0 Å². The summed E-state index contributed by atoms with van der Waals surface area (Å²) in [5.74, 6) is 0.0522. The minimum absolute atomic E-state index is 0.0522. The van der Waals surface area contributed by atoms with Crippen LogP contribution in [-0.4, -0.2) is 97.3 Å². The molecule has 4 rings (SSSR count). The summed E-state index contributed by atoms with van der Waals surface area (Å²) in [5, 5.41) is 13.9. The van der Waals surface area contributed by atoms with Crippen LogP contribution in [0.5, 0.6) is 0 Å². The standard InChI is InChI=1S/C22H29Cl2N3O6/c23-14-7-15(24)9-16(8-14)25-22(30)27-11-17(28)12-32-13-20-19(27)2-1-18(33-20)10-21(29)26-3-5-31-6-4-26/h7-9,17-20,28H,1-6,10-13H2,(H,25,30)/t17-,18-,19+,20-/m1/s1. The summed E-state index contributed by atoms with van der Waals surface area (Å²) in [7, 11) is 0. The van der Waals surface area contributed by atoms with E-state index in [9.17, 15) is 14.7 Å². The number of carbonyl (C=O) groups excluding carboxylic acids is 2. The summed E-state index contributed by atoms with van der Waals surface area (Å²) in [5.41, 5.74) is 0.465. The smallest absolute Gasteiger partial charge is 0.322 e. The fourth-order valence-corrected chi connectivity index (χ4v) is 5.06. The van der Waals surface area contributed by atoms with Gasteiger partial charge in [0.05, 0.1) is 57.6 Å². The number of β-amino-alcohol motifs (C(OH)–C–C–N with tert-alkyl or cyclic N) is 1. The van der Waals surface area contributed by atoms with Crippen molar-refractivity contribution in [2.24, 2.45) is 0 Å². The molecule has 3 amide bonds. The predicted octanol–water partition coefficient (Wildman–Crippen LogP) is 2.38. The van der Waals surface area contributed by atoms with Crippen molar-refractivity contribution in [1.82, 2.24) is 9.80 Å². The Kier molecular flexibility index (Phi) is 8.32. The first kappa shape index (κ1) is 24.5. The van der Waals surface area contributed by atoms with Crippen LogP contribution in [0, 0.1) is 0 Å². The van der Waals surface area contributed by atoms with Gasteiger partial charge in [-0.1, -0.05) is 23.2 Å². The van der Waals surface area contributed by atoms with E-state index in [0.29, 0.717) is 61.3 Å². The number of aliphatic hydroxyl groups excluding tert-OH is 1. The molecule has 0 bridgehead atoms. The van der Waals surface area contributed by atoms with Gasteiger partial charge in [-0.3, -0.25) is 4.79 Å². The summed E-state index contributed by atoms with van der Waals surface area (Å²) < 4.78 is 17.2. The Morgan fingerprint density at radius 3 is 2.52 bits per heavy atom. The average molecular weight is 502 g/mol. The van der Waals surface area contributed by atoms with Crippen molar-refractivity contribution in [2.45, 2.75) is 43.6 Å². The largest absolute Gasteiger partial charge is 0.389 e. The first-order chi connectivity index (χ1) is 15.9. The molecule has 0 saturated carbocycles. The monoisotopic (exact) mass is 501 g/mol. The molecule has 33 heavy (non-hydrogen) atoms. The molecule has 11 heteroatoms. The van der Waals surface area contributed by atoms with Crippen LogP contribution >= 0.6 is 23.2 Å². The highest BCUT2D eigenvalue weighted by molar-refractivity contribution is 6.35. The molecule has 1 aromatic carbocycles. The molecule has 1 aromatic rings. The maximum atomic E-state index is 13.2. The molecule has 3 heterocycles. The van der Waals surface area contributed by atoms with Crippen LogP contribution in [0.3, 0.4) is 0 Å². The van der Waals surface area contributed by atoms with Crippen molar-refractivity contribution in [1.29, 1.82) is 0 Å². The van der Waals surface area contributed by atoms with Gasteiger partial charge in [0.15, 0.2) is 0 Å². The number of halogens is 2. The molecule has 0 aliphatic carbocycles. The van der Waals surface area contributed by atoms with Gasteiger partial charge in [-0.25, -0.2) is 4.79 Å². The van der Waals surface area contributed by atoms with Gasteiger partial charge < -0.3 is 34.4 Å². The van der Waals surface area contributed by atoms with Crippen LogP contribution in [0.4, 0.5) is 10.5 Å². The zero-order valence-corrected chi connectivity index (χ0v) is 19.8. The average Bonchev–Trinajstić information content (AvgIpc) is 2.76. The van der Waals surface area contributed by atoms with E-state index in [1.807, 2.05) is 0 Å². The summed E-state index contributed by atoms with van der Waals surface area (Å²) in [6, 6.07) is 4.12. The van der Waals surface area contributed by atoms with Gasteiger partial charge in [0.2, 0.25) is 5.91 Å². The lowest BCUT2D eigenvalue weighted by Crippen LogP contribution is -2.58. The van der Waals surface area contributed by atoms with Gasteiger partial charge in [0.1, 0.15) is 6.10 Å². The van der Waals surface area contributed by atoms with Gasteiger partial charge in [-0.2, -0.15) is 0 Å². The Hall–Kier alpha value is -1.62. The number of amides is 3. The third-order valence-corrected chi connectivity index (χ3v) is 6.56. The van der Waals surface area contributed by atoms with Crippen LogP contribution in [0.15, 0.2) is 18.2 Å². The number of fused-ring (bicyclic) bond motifs is 1. The van der Waals surface area contributed by atoms with Gasteiger partial charge in [0, 0.05) is 28.8 Å². The molecule has 0 spiro atoms. The Bertz CT molecular complexity index is 833. The maximum Gasteiger partial charge on any atom is 0.322 e. The second-order valence-electron chi connectivity index (χ2n) is 8.57. The molecule has 4 atom stereocenters. The van der Waals surface area contributed by atoms with Crippen LogP contribution in [0.25, 0.3) is 0 Å². The number of hydrogen-bond acceptors (Lipinski definition) is 6. The quantitative estimate of drug-likeness (QED) is 0.659. The third-order valence-electron chi connectivity index (χ3n) is 6.12. The molecular formula is C22H29Cl2N3O6. The van der Waals surface area contributed by atoms with E-state index in [-0.39, 0.29) is 43.8 Å². The molecule has 3 aliphatic rings. The SMILES string of the molecule is O=C(C[C@H]1CC[C@H]2[C@@H](COC[C@H](O)CN2C(=O)Nc2cc(Cl)cc(Cl)c2)O1)N1CCOCC1. The molecule has 3 saturated heterocycles. The normalized spacial score (nSPS) is 28.5. The van der Waals surface area contributed by atoms with Crippen LogP contribution in [0.2, 0.25) is 10.0 Å². The molecule has 0 radical (unpaired) electrons. The number of nitrogens with one attached hydrogen (secondary N) is 1. The Balaban J connectivity index is 1.42. The number of benzene rings is 1. The summed E-state index contributed by atoms with van der Waals surface area (Å²) in [4.78, 5) is 29.2. The Labute approximate surface area is 202 Å². The molecule has 2 N–H and O–H groups in total. The van der Waals surface area contributed by atoms with Gasteiger partial charge in [0.25, 0.3) is 0 Å². The van der Waals surface area contributed by atoms with E-state index in [2.05, 4.69) is 5.32 Å². The lowest BCUT2D eigenvalue weighted by molar-refractivity contribution is -0.156. The molecule has 9 nitrogen and oxygen atoms in total. The van der Waals surface area contributed by atoms with Gasteiger partial charge >= 0.3 is 6.03 Å². The highest BCUT2D eigenvalue weighted by atomic mass is 35.5. The zero-order valence-electron chi connectivity index (χ0n) is 18.3. The van der Waals surface area contributed by atoms with Crippen LogP contribution in [0.1, 0.15) is 19.3 Å². The van der Waals surface area contributed by atoms with E-state index in [4.69, 9.17) is 37.4 Å². The minimum Gasteiger partial charge on any atom is -0.389 e. The number of rotatable bonds is 3. The fourth-order valence-electron chi connectivity index (χ4n) is 4.53. The molecule has 0 aromatic heterocycles.